The number of hydrogen-bond acceptors (Lipinski definition) is 8. The molecule has 27 heavy (non-hydrogen) atoms. The second-order valence-electron chi connectivity index (χ2n) is 6.33. The first-order valence-corrected chi connectivity index (χ1v) is 8.67. The molecule has 1 aliphatic heterocycles. The van der Waals surface area contributed by atoms with Crippen molar-refractivity contribution < 1.29 is 8.91 Å². The summed E-state index contributed by atoms with van der Waals surface area (Å²) in [4.78, 5) is 12.6. The molecule has 1 fully saturated rings. The molecule has 0 unspecified atom stereocenters. The lowest BCUT2D eigenvalue weighted by Gasteiger charge is -2.37. The lowest BCUT2D eigenvalue weighted by molar-refractivity contribution is 0.400. The van der Waals surface area contributed by atoms with E-state index >= 15 is 0 Å². The minimum Gasteiger partial charge on any atom is -0.393 e. The highest BCUT2D eigenvalue weighted by Crippen LogP contribution is 2.30. The molecule has 140 valence electrons. The van der Waals surface area contributed by atoms with Crippen molar-refractivity contribution in [2.45, 2.75) is 6.92 Å². The average Bonchev–Trinajstić information content (AvgIpc) is 3.09. The van der Waals surface area contributed by atoms with Gasteiger partial charge in [0.15, 0.2) is 17.5 Å². The van der Waals surface area contributed by atoms with Crippen molar-refractivity contribution >= 4 is 28.8 Å². The molecule has 3 heterocycles. The lowest BCUT2D eigenvalue weighted by Crippen LogP contribution is -2.47. The van der Waals surface area contributed by atoms with E-state index < -0.39 is 0 Å². The first kappa shape index (κ1) is 17.1. The molecule has 3 aromatic rings. The maximum atomic E-state index is 14.0. The number of nitrogens with two attached hydrogens (primary N) is 1. The van der Waals surface area contributed by atoms with Crippen molar-refractivity contribution in [2.75, 3.05) is 47.0 Å². The van der Waals surface area contributed by atoms with Crippen LogP contribution >= 0.6 is 0 Å². The topological polar surface area (TPSA) is 96.3 Å². The summed E-state index contributed by atoms with van der Waals surface area (Å²) in [7, 11) is 0. The molecule has 1 aromatic carbocycles. The summed E-state index contributed by atoms with van der Waals surface area (Å²) in [6.07, 6.45) is 1.46. The number of hydrogen-bond donors (Lipinski definition) is 2. The van der Waals surface area contributed by atoms with Gasteiger partial charge in [-0.15, -0.1) is 0 Å². The van der Waals surface area contributed by atoms with Crippen LogP contribution in [0.4, 0.5) is 33.2 Å². The van der Waals surface area contributed by atoms with Crippen LogP contribution in [0.2, 0.25) is 0 Å². The van der Waals surface area contributed by atoms with Crippen LogP contribution in [0.1, 0.15) is 5.76 Å². The largest absolute Gasteiger partial charge is 0.393 e. The third-order valence-corrected chi connectivity index (χ3v) is 4.51. The SMILES string of the molecule is Cc1cc(Nc2ncnc(N3CCN(c4ccccc4F)CC3)c2N)no1. The zero-order chi connectivity index (χ0) is 18.8. The number of nitrogen functional groups attached to an aromatic ring is 1. The highest BCUT2D eigenvalue weighted by atomic mass is 19.1. The third-order valence-electron chi connectivity index (χ3n) is 4.51. The number of halogens is 1. The molecule has 0 spiro atoms. The van der Waals surface area contributed by atoms with Gasteiger partial charge in [0.2, 0.25) is 0 Å². The lowest BCUT2D eigenvalue weighted by atomic mass is 10.2. The molecular formula is C18H20FN7O. The van der Waals surface area contributed by atoms with E-state index in [2.05, 4.69) is 25.3 Å². The molecule has 0 aliphatic carbocycles. The van der Waals surface area contributed by atoms with Gasteiger partial charge in [-0.1, -0.05) is 17.3 Å². The fourth-order valence-corrected chi connectivity index (χ4v) is 3.15. The quantitative estimate of drug-likeness (QED) is 0.724. The Morgan fingerprint density at radius 2 is 1.85 bits per heavy atom. The van der Waals surface area contributed by atoms with Crippen LogP contribution < -0.4 is 20.9 Å². The zero-order valence-electron chi connectivity index (χ0n) is 14.9. The molecule has 2 aromatic heterocycles. The molecule has 0 radical (unpaired) electrons. The van der Waals surface area contributed by atoms with Gasteiger partial charge in [0.05, 0.1) is 5.69 Å². The van der Waals surface area contributed by atoms with Crippen LogP contribution in [0.25, 0.3) is 0 Å². The van der Waals surface area contributed by atoms with Gasteiger partial charge in [0.1, 0.15) is 23.6 Å². The van der Waals surface area contributed by atoms with Gasteiger partial charge < -0.3 is 25.4 Å². The van der Waals surface area contributed by atoms with Crippen molar-refractivity contribution in [1.29, 1.82) is 0 Å². The number of anilines is 5. The Bertz CT molecular complexity index is 937. The van der Waals surface area contributed by atoms with Crippen LogP contribution in [0.5, 0.6) is 0 Å². The van der Waals surface area contributed by atoms with Crippen LogP contribution in [-0.2, 0) is 0 Å². The maximum Gasteiger partial charge on any atom is 0.175 e. The molecule has 8 nitrogen and oxygen atoms in total. The summed E-state index contributed by atoms with van der Waals surface area (Å²) in [5, 5.41) is 6.94. The van der Waals surface area contributed by atoms with E-state index in [-0.39, 0.29) is 5.82 Å². The minimum atomic E-state index is -0.207. The van der Waals surface area contributed by atoms with Gasteiger partial charge in [-0.25, -0.2) is 14.4 Å². The van der Waals surface area contributed by atoms with E-state index in [9.17, 15) is 4.39 Å². The molecule has 0 atom stereocenters. The summed E-state index contributed by atoms with van der Waals surface area (Å²) < 4.78 is 19.0. The summed E-state index contributed by atoms with van der Waals surface area (Å²) in [6.45, 7) is 4.52. The Morgan fingerprint density at radius 3 is 2.56 bits per heavy atom. The van der Waals surface area contributed by atoms with Crippen LogP contribution in [0, 0.1) is 12.7 Å². The molecule has 4 rings (SSSR count). The molecule has 0 saturated carbocycles. The summed E-state index contributed by atoms with van der Waals surface area (Å²) >= 11 is 0. The molecule has 3 N–H and O–H groups in total. The van der Waals surface area contributed by atoms with E-state index in [0.29, 0.717) is 60.8 Å². The predicted octanol–water partition coefficient (Wildman–Crippen LogP) is 2.56. The Kier molecular flexibility index (Phi) is 4.49. The van der Waals surface area contributed by atoms with Crippen LogP contribution in [-0.4, -0.2) is 41.3 Å². The van der Waals surface area contributed by atoms with E-state index in [1.807, 2.05) is 17.9 Å². The monoisotopic (exact) mass is 369 g/mol. The smallest absolute Gasteiger partial charge is 0.175 e. The molecule has 9 heteroatoms. The van der Waals surface area contributed by atoms with Gasteiger partial charge >= 0.3 is 0 Å². The molecule has 1 aliphatic rings. The molecular weight excluding hydrogens is 349 g/mol. The van der Waals surface area contributed by atoms with Gasteiger partial charge in [-0.05, 0) is 19.1 Å². The number of para-hydroxylation sites is 1. The van der Waals surface area contributed by atoms with Gasteiger partial charge in [0, 0.05) is 32.2 Å². The number of nitrogens with zero attached hydrogens (tertiary/aromatic N) is 5. The minimum absolute atomic E-state index is 0.207. The van der Waals surface area contributed by atoms with Crippen molar-refractivity contribution in [3.8, 4) is 0 Å². The molecule has 0 amide bonds. The highest BCUT2D eigenvalue weighted by Gasteiger charge is 2.23. The number of benzene rings is 1. The summed E-state index contributed by atoms with van der Waals surface area (Å²) in [5.74, 6) is 2.15. The Labute approximate surface area is 155 Å². The van der Waals surface area contributed by atoms with E-state index in [4.69, 9.17) is 10.3 Å². The molecule has 1 saturated heterocycles. The second-order valence-corrected chi connectivity index (χ2v) is 6.33. The first-order chi connectivity index (χ1) is 13.1. The Hall–Kier alpha value is -3.36. The summed E-state index contributed by atoms with van der Waals surface area (Å²) in [5.41, 5.74) is 7.34. The van der Waals surface area contributed by atoms with E-state index in [1.54, 1.807) is 18.2 Å². The fourth-order valence-electron chi connectivity index (χ4n) is 3.15. The standard InChI is InChI=1S/C18H20FN7O/c1-12-10-15(24-27-12)23-17-16(20)18(22-11-21-17)26-8-6-25(7-9-26)14-5-3-2-4-13(14)19/h2-5,10-11H,6-9,20H2,1H3,(H,21,22,23,24). The van der Waals surface area contributed by atoms with Crippen molar-refractivity contribution in [1.82, 2.24) is 15.1 Å². The zero-order valence-corrected chi connectivity index (χ0v) is 14.9. The van der Waals surface area contributed by atoms with E-state index in [1.165, 1.54) is 12.4 Å². The molecule has 0 bridgehead atoms. The fraction of sp³-hybridized carbons (Fsp3) is 0.278. The van der Waals surface area contributed by atoms with E-state index in [0.717, 1.165) is 0 Å². The Balaban J connectivity index is 1.48. The maximum absolute atomic E-state index is 14.0. The predicted molar refractivity (Wildman–Crippen MR) is 102 cm³/mol. The second kappa shape index (κ2) is 7.10. The third kappa shape index (κ3) is 3.48. The number of rotatable bonds is 4. The van der Waals surface area contributed by atoms with Gasteiger partial charge in [0.25, 0.3) is 0 Å². The first-order valence-electron chi connectivity index (χ1n) is 8.67. The van der Waals surface area contributed by atoms with Gasteiger partial charge in [-0.2, -0.15) is 0 Å². The number of aromatic nitrogens is 3. The number of piperazine rings is 1. The van der Waals surface area contributed by atoms with Crippen molar-refractivity contribution in [3.05, 3.63) is 48.2 Å². The normalized spacial score (nSPS) is 14.4. The highest BCUT2D eigenvalue weighted by molar-refractivity contribution is 5.77. The average molecular weight is 369 g/mol. The Morgan fingerprint density at radius 1 is 1.11 bits per heavy atom. The van der Waals surface area contributed by atoms with Crippen LogP contribution in [0.3, 0.4) is 0 Å². The number of nitrogens with one attached hydrogen (secondary N) is 1. The van der Waals surface area contributed by atoms with Crippen LogP contribution in [0.15, 0.2) is 41.2 Å². The summed E-state index contributed by atoms with van der Waals surface area (Å²) in [6, 6.07) is 8.58. The van der Waals surface area contributed by atoms with Crippen molar-refractivity contribution in [3.63, 3.8) is 0 Å². The number of aryl methyl sites for hydroxylation is 1. The van der Waals surface area contributed by atoms with Crippen molar-refractivity contribution in [2.24, 2.45) is 0 Å². The van der Waals surface area contributed by atoms with Gasteiger partial charge in [-0.3, -0.25) is 0 Å².